The molecule has 0 saturated carbocycles. The Morgan fingerprint density at radius 1 is 0.905 bits per heavy atom. The van der Waals surface area contributed by atoms with E-state index in [0.29, 0.717) is 28.0 Å². The van der Waals surface area contributed by atoms with E-state index in [4.69, 9.17) is 14.2 Å². The number of ether oxygens (including phenoxy) is 4. The minimum atomic E-state index is -0.552. The Bertz CT molecular complexity index is 692. The van der Waals surface area contributed by atoms with E-state index in [0.717, 1.165) is 0 Å². The number of hydrogen-bond donors (Lipinski definition) is 1. The molecule has 2 rings (SSSR count). The van der Waals surface area contributed by atoms with Crippen LogP contribution in [0.5, 0.6) is 23.0 Å². The van der Waals surface area contributed by atoms with E-state index in [-0.39, 0.29) is 11.3 Å². The van der Waals surface area contributed by atoms with Crippen LogP contribution in [0.15, 0.2) is 18.2 Å². The molecule has 2 aromatic rings. The number of esters is 1. The van der Waals surface area contributed by atoms with Gasteiger partial charge in [0.1, 0.15) is 5.75 Å². The first-order chi connectivity index (χ1) is 10.1. The molecule has 0 saturated heterocycles. The maximum absolute atomic E-state index is 11.7. The molecule has 0 atom stereocenters. The van der Waals surface area contributed by atoms with Gasteiger partial charge < -0.3 is 24.1 Å². The van der Waals surface area contributed by atoms with Crippen LogP contribution in [0, 0.1) is 0 Å². The number of methoxy groups -OCH3 is 4. The van der Waals surface area contributed by atoms with Crippen LogP contribution in [0.25, 0.3) is 10.8 Å². The summed E-state index contributed by atoms with van der Waals surface area (Å²) in [5, 5.41) is 11.1. The van der Waals surface area contributed by atoms with E-state index >= 15 is 0 Å². The lowest BCUT2D eigenvalue weighted by Gasteiger charge is -2.16. The first kappa shape index (κ1) is 14.8. The smallest absolute Gasteiger partial charge is 0.338 e. The molecule has 0 unspecified atom stereocenters. The van der Waals surface area contributed by atoms with Gasteiger partial charge in [-0.15, -0.1) is 0 Å². The summed E-state index contributed by atoms with van der Waals surface area (Å²) in [6, 6.07) is 4.52. The van der Waals surface area contributed by atoms with E-state index in [1.807, 2.05) is 0 Å². The van der Waals surface area contributed by atoms with Crippen molar-refractivity contribution >= 4 is 16.7 Å². The lowest BCUT2D eigenvalue weighted by Crippen LogP contribution is -2.02. The van der Waals surface area contributed by atoms with E-state index < -0.39 is 5.97 Å². The average Bonchev–Trinajstić information content (AvgIpc) is 2.51. The molecule has 1 N–H and O–H groups in total. The lowest BCUT2D eigenvalue weighted by molar-refractivity contribution is 0.0600. The number of benzene rings is 2. The SMILES string of the molecule is COC(=O)c1cc(O)c2cc(OC)c(OC)c(OC)c2c1. The Balaban J connectivity index is 2.86. The summed E-state index contributed by atoms with van der Waals surface area (Å²) in [5.41, 5.74) is 0.216. The summed E-state index contributed by atoms with van der Waals surface area (Å²) in [7, 11) is 5.72. The molecule has 0 aromatic heterocycles. The molecule has 0 aliphatic carbocycles. The zero-order valence-corrected chi connectivity index (χ0v) is 12.2. The molecular formula is C15H16O6. The molecule has 6 nitrogen and oxygen atoms in total. The molecule has 6 heteroatoms. The van der Waals surface area contributed by atoms with Crippen molar-refractivity contribution in [3.63, 3.8) is 0 Å². The van der Waals surface area contributed by atoms with Crippen molar-refractivity contribution in [2.24, 2.45) is 0 Å². The minimum absolute atomic E-state index is 0.0767. The number of aromatic hydroxyl groups is 1. The van der Waals surface area contributed by atoms with Gasteiger partial charge in [0.2, 0.25) is 5.75 Å². The quantitative estimate of drug-likeness (QED) is 0.872. The van der Waals surface area contributed by atoms with Crippen LogP contribution in [-0.4, -0.2) is 39.5 Å². The van der Waals surface area contributed by atoms with Crippen LogP contribution < -0.4 is 14.2 Å². The summed E-state index contributed by atoms with van der Waals surface area (Å²) < 4.78 is 20.5. The second-order valence-electron chi connectivity index (χ2n) is 4.23. The molecule has 2 aromatic carbocycles. The summed E-state index contributed by atoms with van der Waals surface area (Å²) in [5.74, 6) is 0.543. The number of fused-ring (bicyclic) bond motifs is 1. The minimum Gasteiger partial charge on any atom is -0.507 e. The largest absolute Gasteiger partial charge is 0.507 e. The molecule has 0 heterocycles. The topological polar surface area (TPSA) is 74.2 Å². The first-order valence-corrected chi connectivity index (χ1v) is 6.11. The number of phenolic OH excluding ortho intramolecular Hbond substituents is 1. The van der Waals surface area contributed by atoms with Crippen LogP contribution in [-0.2, 0) is 4.74 Å². The molecular weight excluding hydrogens is 276 g/mol. The van der Waals surface area contributed by atoms with E-state index in [1.54, 1.807) is 12.1 Å². The van der Waals surface area contributed by atoms with Gasteiger partial charge in [-0.05, 0) is 18.2 Å². The van der Waals surface area contributed by atoms with Crippen molar-refractivity contribution in [3.8, 4) is 23.0 Å². The third-order valence-electron chi connectivity index (χ3n) is 3.16. The van der Waals surface area contributed by atoms with Crippen LogP contribution in [0.2, 0.25) is 0 Å². The van der Waals surface area contributed by atoms with Crippen molar-refractivity contribution < 1.29 is 28.8 Å². The summed E-state index contributed by atoms with van der Waals surface area (Å²) in [6.07, 6.45) is 0. The highest BCUT2D eigenvalue weighted by Gasteiger charge is 2.20. The normalized spacial score (nSPS) is 10.3. The van der Waals surface area contributed by atoms with Crippen molar-refractivity contribution in [2.75, 3.05) is 28.4 Å². The van der Waals surface area contributed by atoms with E-state index in [9.17, 15) is 9.90 Å². The van der Waals surface area contributed by atoms with Gasteiger partial charge in [0.15, 0.2) is 11.5 Å². The van der Waals surface area contributed by atoms with Crippen molar-refractivity contribution in [1.82, 2.24) is 0 Å². The molecule has 0 radical (unpaired) electrons. The molecule has 21 heavy (non-hydrogen) atoms. The van der Waals surface area contributed by atoms with Gasteiger partial charge in [-0.1, -0.05) is 0 Å². The van der Waals surface area contributed by atoms with E-state index in [1.165, 1.54) is 34.5 Å². The molecule has 0 fully saturated rings. The molecule has 0 aliphatic heterocycles. The van der Waals surface area contributed by atoms with Gasteiger partial charge in [0.25, 0.3) is 0 Å². The standard InChI is InChI=1S/C15H16O6/c1-18-12-7-9-10(13(19-2)14(12)20-3)5-8(6-11(9)16)15(17)21-4/h5-7,16H,1-4H3. The summed E-state index contributed by atoms with van der Waals surface area (Å²) >= 11 is 0. The number of phenols is 1. The summed E-state index contributed by atoms with van der Waals surface area (Å²) in [4.78, 5) is 11.7. The number of carbonyl (C=O) groups is 1. The van der Waals surface area contributed by atoms with Gasteiger partial charge in [-0.3, -0.25) is 0 Å². The number of hydrogen-bond acceptors (Lipinski definition) is 6. The van der Waals surface area contributed by atoms with Crippen LogP contribution in [0.3, 0.4) is 0 Å². The average molecular weight is 292 g/mol. The predicted molar refractivity (Wildman–Crippen MR) is 76.6 cm³/mol. The molecule has 0 bridgehead atoms. The van der Waals surface area contributed by atoms with Crippen LogP contribution in [0.1, 0.15) is 10.4 Å². The van der Waals surface area contributed by atoms with Crippen molar-refractivity contribution in [3.05, 3.63) is 23.8 Å². The van der Waals surface area contributed by atoms with Crippen molar-refractivity contribution in [1.29, 1.82) is 0 Å². The fraction of sp³-hybridized carbons (Fsp3) is 0.267. The lowest BCUT2D eigenvalue weighted by atomic mass is 10.0. The van der Waals surface area contributed by atoms with Gasteiger partial charge in [-0.25, -0.2) is 4.79 Å². The second-order valence-corrected chi connectivity index (χ2v) is 4.23. The molecule has 0 aliphatic rings. The fourth-order valence-electron chi connectivity index (χ4n) is 2.19. The maximum atomic E-state index is 11.7. The maximum Gasteiger partial charge on any atom is 0.338 e. The van der Waals surface area contributed by atoms with Gasteiger partial charge >= 0.3 is 5.97 Å². The predicted octanol–water partition coefficient (Wildman–Crippen LogP) is 2.36. The Morgan fingerprint density at radius 2 is 1.57 bits per heavy atom. The van der Waals surface area contributed by atoms with Crippen molar-refractivity contribution in [2.45, 2.75) is 0 Å². The van der Waals surface area contributed by atoms with Crippen LogP contribution >= 0.6 is 0 Å². The van der Waals surface area contributed by atoms with Gasteiger partial charge in [0, 0.05) is 10.8 Å². The third-order valence-corrected chi connectivity index (χ3v) is 3.16. The highest BCUT2D eigenvalue weighted by atomic mass is 16.5. The molecule has 0 spiro atoms. The number of carbonyl (C=O) groups excluding carboxylic acids is 1. The monoisotopic (exact) mass is 292 g/mol. The fourth-order valence-corrected chi connectivity index (χ4v) is 2.19. The first-order valence-electron chi connectivity index (χ1n) is 6.11. The van der Waals surface area contributed by atoms with E-state index in [2.05, 4.69) is 4.74 Å². The zero-order chi connectivity index (χ0) is 15.6. The van der Waals surface area contributed by atoms with Gasteiger partial charge in [0.05, 0.1) is 34.0 Å². The Morgan fingerprint density at radius 3 is 2.10 bits per heavy atom. The zero-order valence-electron chi connectivity index (χ0n) is 12.2. The highest BCUT2D eigenvalue weighted by molar-refractivity contribution is 6.02. The third kappa shape index (κ3) is 2.40. The van der Waals surface area contributed by atoms with Crippen LogP contribution in [0.4, 0.5) is 0 Å². The summed E-state index contributed by atoms with van der Waals surface area (Å²) in [6.45, 7) is 0. The number of rotatable bonds is 4. The van der Waals surface area contributed by atoms with Gasteiger partial charge in [-0.2, -0.15) is 0 Å². The Hall–Kier alpha value is -2.63. The second kappa shape index (κ2) is 5.78. The Kier molecular flexibility index (Phi) is 4.07. The highest BCUT2D eigenvalue weighted by Crippen LogP contribution is 2.45. The Labute approximate surface area is 121 Å². The molecule has 112 valence electrons. The molecule has 0 amide bonds.